The maximum absolute atomic E-state index is 12.0. The van der Waals surface area contributed by atoms with Crippen molar-refractivity contribution in [2.24, 2.45) is 0 Å². The summed E-state index contributed by atoms with van der Waals surface area (Å²) in [6, 6.07) is 7.69. The zero-order chi connectivity index (χ0) is 14.0. The first-order valence-electron chi connectivity index (χ1n) is 5.86. The van der Waals surface area contributed by atoms with Gasteiger partial charge in [0.2, 0.25) is 0 Å². The van der Waals surface area contributed by atoms with Gasteiger partial charge in [-0.1, -0.05) is 0 Å². The van der Waals surface area contributed by atoms with Crippen molar-refractivity contribution in [1.82, 2.24) is 5.32 Å². The molecular formula is C14H15NO3S. The van der Waals surface area contributed by atoms with E-state index in [0.29, 0.717) is 0 Å². The first-order chi connectivity index (χ1) is 8.95. The molecule has 0 aliphatic carbocycles. The van der Waals surface area contributed by atoms with E-state index in [2.05, 4.69) is 5.32 Å². The summed E-state index contributed by atoms with van der Waals surface area (Å²) in [6.45, 7) is 3.90. The van der Waals surface area contributed by atoms with Gasteiger partial charge in [-0.2, -0.15) is 0 Å². The normalized spacial score (nSPS) is 12.1. The Bertz CT molecular complexity index is 586. The molecule has 1 aromatic heterocycles. The van der Waals surface area contributed by atoms with E-state index in [-0.39, 0.29) is 29.0 Å². The molecule has 1 heterocycles. The second kappa shape index (κ2) is 5.32. The fraction of sp³-hybridized carbons (Fsp3) is 0.214. The molecule has 19 heavy (non-hydrogen) atoms. The number of carbonyl (C=O) groups is 1. The Balaban J connectivity index is 2.12. The molecule has 0 aliphatic rings. The molecule has 1 unspecified atom stereocenters. The van der Waals surface area contributed by atoms with Crippen LogP contribution in [0.3, 0.4) is 0 Å². The molecule has 0 radical (unpaired) electrons. The Morgan fingerprint density at radius 2 is 1.84 bits per heavy atom. The van der Waals surface area contributed by atoms with E-state index in [1.807, 2.05) is 26.0 Å². The first kappa shape index (κ1) is 13.4. The van der Waals surface area contributed by atoms with Crippen molar-refractivity contribution in [2.75, 3.05) is 0 Å². The van der Waals surface area contributed by atoms with Gasteiger partial charge in [0.05, 0.1) is 6.04 Å². The molecule has 5 heteroatoms. The molecule has 4 nitrogen and oxygen atoms in total. The molecule has 1 amide bonds. The average molecular weight is 277 g/mol. The average Bonchev–Trinajstić information content (AvgIpc) is 2.74. The monoisotopic (exact) mass is 277 g/mol. The highest BCUT2D eigenvalue weighted by Gasteiger charge is 2.14. The Morgan fingerprint density at radius 3 is 2.37 bits per heavy atom. The summed E-state index contributed by atoms with van der Waals surface area (Å²) >= 11 is 1.63. The van der Waals surface area contributed by atoms with E-state index in [1.165, 1.54) is 23.1 Å². The summed E-state index contributed by atoms with van der Waals surface area (Å²) in [5.41, 5.74) is 0.234. The number of carbonyl (C=O) groups excluding carboxylic acids is 1. The van der Waals surface area contributed by atoms with Gasteiger partial charge in [-0.05, 0) is 38.1 Å². The summed E-state index contributed by atoms with van der Waals surface area (Å²) in [5, 5.41) is 21.5. The molecule has 100 valence electrons. The third-order valence-electron chi connectivity index (χ3n) is 2.70. The SMILES string of the molecule is Cc1ccc(C(C)NC(=O)c2cc(O)cc(O)c2)s1. The highest BCUT2D eigenvalue weighted by atomic mass is 32.1. The van der Waals surface area contributed by atoms with Crippen LogP contribution in [0.15, 0.2) is 30.3 Å². The standard InChI is InChI=1S/C14H15NO3S/c1-8-3-4-13(19-8)9(2)15-14(18)10-5-11(16)7-12(17)6-10/h3-7,9,16-17H,1-2H3,(H,15,18). The molecule has 2 aromatic rings. The van der Waals surface area contributed by atoms with E-state index < -0.39 is 0 Å². The molecule has 0 bridgehead atoms. The van der Waals surface area contributed by atoms with Gasteiger partial charge in [-0.3, -0.25) is 4.79 Å². The fourth-order valence-electron chi connectivity index (χ4n) is 1.76. The second-order valence-electron chi connectivity index (χ2n) is 4.38. The molecule has 2 rings (SSSR count). The van der Waals surface area contributed by atoms with Gasteiger partial charge in [0.25, 0.3) is 5.91 Å². The minimum absolute atomic E-state index is 0.115. The molecule has 1 atom stereocenters. The predicted molar refractivity (Wildman–Crippen MR) is 74.7 cm³/mol. The van der Waals surface area contributed by atoms with Crippen LogP contribution in [0, 0.1) is 6.92 Å². The van der Waals surface area contributed by atoms with Crippen LogP contribution < -0.4 is 5.32 Å². The van der Waals surface area contributed by atoms with E-state index >= 15 is 0 Å². The van der Waals surface area contributed by atoms with Gasteiger partial charge in [0, 0.05) is 21.4 Å². The quantitative estimate of drug-likeness (QED) is 0.808. The molecule has 0 fully saturated rings. The topological polar surface area (TPSA) is 69.6 Å². The summed E-state index contributed by atoms with van der Waals surface area (Å²) in [7, 11) is 0. The van der Waals surface area contributed by atoms with E-state index in [0.717, 1.165) is 4.88 Å². The van der Waals surface area contributed by atoms with Gasteiger partial charge in [0.15, 0.2) is 0 Å². The van der Waals surface area contributed by atoms with Crippen LogP contribution in [0.1, 0.15) is 33.1 Å². The van der Waals surface area contributed by atoms with Gasteiger partial charge in [-0.15, -0.1) is 11.3 Å². The van der Waals surface area contributed by atoms with Crippen LogP contribution in [0.4, 0.5) is 0 Å². The number of thiophene rings is 1. The van der Waals surface area contributed by atoms with Crippen molar-refractivity contribution in [3.8, 4) is 11.5 Å². The van der Waals surface area contributed by atoms with Crippen molar-refractivity contribution in [3.63, 3.8) is 0 Å². The lowest BCUT2D eigenvalue weighted by Crippen LogP contribution is -2.26. The highest BCUT2D eigenvalue weighted by Crippen LogP contribution is 2.24. The Kier molecular flexibility index (Phi) is 3.76. The van der Waals surface area contributed by atoms with Crippen molar-refractivity contribution in [2.45, 2.75) is 19.9 Å². The van der Waals surface area contributed by atoms with Gasteiger partial charge < -0.3 is 15.5 Å². The lowest BCUT2D eigenvalue weighted by molar-refractivity contribution is 0.0939. The van der Waals surface area contributed by atoms with Crippen LogP contribution in [0.25, 0.3) is 0 Å². The number of hydrogen-bond acceptors (Lipinski definition) is 4. The molecular weight excluding hydrogens is 262 g/mol. The number of amides is 1. The highest BCUT2D eigenvalue weighted by molar-refractivity contribution is 7.12. The summed E-state index contributed by atoms with van der Waals surface area (Å²) in [5.74, 6) is -0.598. The van der Waals surface area contributed by atoms with Crippen molar-refractivity contribution < 1.29 is 15.0 Å². The number of aromatic hydroxyl groups is 2. The minimum atomic E-state index is -0.329. The maximum atomic E-state index is 12.0. The van der Waals surface area contributed by atoms with Crippen LogP contribution in [0.2, 0.25) is 0 Å². The zero-order valence-electron chi connectivity index (χ0n) is 10.7. The third-order valence-corrected chi connectivity index (χ3v) is 3.88. The minimum Gasteiger partial charge on any atom is -0.508 e. The summed E-state index contributed by atoms with van der Waals surface area (Å²) in [6.07, 6.45) is 0. The Hall–Kier alpha value is -2.01. The number of aryl methyl sites for hydroxylation is 1. The van der Waals surface area contributed by atoms with Gasteiger partial charge >= 0.3 is 0 Å². The number of phenols is 2. The van der Waals surface area contributed by atoms with Crippen molar-refractivity contribution >= 4 is 17.2 Å². The molecule has 3 N–H and O–H groups in total. The van der Waals surface area contributed by atoms with E-state index in [4.69, 9.17) is 0 Å². The Morgan fingerprint density at radius 1 is 1.21 bits per heavy atom. The fourth-order valence-corrected chi connectivity index (χ4v) is 2.64. The molecule has 1 aromatic carbocycles. The predicted octanol–water partition coefficient (Wildman–Crippen LogP) is 2.96. The second-order valence-corrected chi connectivity index (χ2v) is 5.70. The number of phenolic OH excluding ortho intramolecular Hbond substituents is 2. The van der Waals surface area contributed by atoms with Gasteiger partial charge in [-0.25, -0.2) is 0 Å². The molecule has 0 spiro atoms. The van der Waals surface area contributed by atoms with Crippen molar-refractivity contribution in [1.29, 1.82) is 0 Å². The Labute approximate surface area is 115 Å². The number of rotatable bonds is 3. The zero-order valence-corrected chi connectivity index (χ0v) is 11.5. The van der Waals surface area contributed by atoms with Crippen molar-refractivity contribution in [3.05, 3.63) is 45.6 Å². The first-order valence-corrected chi connectivity index (χ1v) is 6.67. The largest absolute Gasteiger partial charge is 0.508 e. The number of benzene rings is 1. The number of nitrogens with one attached hydrogen (secondary N) is 1. The summed E-state index contributed by atoms with van der Waals surface area (Å²) < 4.78 is 0. The lowest BCUT2D eigenvalue weighted by atomic mass is 10.1. The molecule has 0 aliphatic heterocycles. The smallest absolute Gasteiger partial charge is 0.252 e. The van der Waals surface area contributed by atoms with E-state index in [1.54, 1.807) is 11.3 Å². The van der Waals surface area contributed by atoms with Crippen LogP contribution in [-0.4, -0.2) is 16.1 Å². The summed E-state index contributed by atoms with van der Waals surface area (Å²) in [4.78, 5) is 14.3. The molecule has 0 saturated heterocycles. The van der Waals surface area contributed by atoms with Crippen LogP contribution >= 0.6 is 11.3 Å². The number of hydrogen-bond donors (Lipinski definition) is 3. The maximum Gasteiger partial charge on any atom is 0.252 e. The van der Waals surface area contributed by atoms with E-state index in [9.17, 15) is 15.0 Å². The van der Waals surface area contributed by atoms with Crippen LogP contribution in [0.5, 0.6) is 11.5 Å². The van der Waals surface area contributed by atoms with Crippen LogP contribution in [-0.2, 0) is 0 Å². The van der Waals surface area contributed by atoms with Gasteiger partial charge in [0.1, 0.15) is 11.5 Å². The third kappa shape index (κ3) is 3.26. The molecule has 0 saturated carbocycles. The lowest BCUT2D eigenvalue weighted by Gasteiger charge is -2.12.